The van der Waals surface area contributed by atoms with Crippen LogP contribution in [0.2, 0.25) is 0 Å². The number of alkyl halides is 3. The normalized spacial score (nSPS) is 11.0. The molecule has 0 radical (unpaired) electrons. The second kappa shape index (κ2) is 7.13. The number of carboxylic acid groups (broad SMARTS) is 1. The van der Waals surface area contributed by atoms with Gasteiger partial charge >= 0.3 is 12.1 Å². The van der Waals surface area contributed by atoms with E-state index in [-0.39, 0.29) is 12.1 Å². The largest absolute Gasteiger partial charge is 0.490 e. The summed E-state index contributed by atoms with van der Waals surface area (Å²) in [5.41, 5.74) is 6.66. The lowest BCUT2D eigenvalue weighted by molar-refractivity contribution is -0.192. The Morgan fingerprint density at radius 3 is 2.40 bits per heavy atom. The first kappa shape index (κ1) is 18.1. The van der Waals surface area contributed by atoms with E-state index in [0.29, 0.717) is 16.9 Å². The van der Waals surface area contributed by atoms with E-state index < -0.39 is 12.1 Å². The molecule has 25 heavy (non-hydrogen) atoms. The van der Waals surface area contributed by atoms with E-state index in [9.17, 15) is 18.0 Å². The molecule has 0 fully saturated rings. The van der Waals surface area contributed by atoms with Crippen LogP contribution in [0, 0.1) is 0 Å². The lowest BCUT2D eigenvalue weighted by Gasteiger charge is -2.03. The molecule has 3 rings (SSSR count). The summed E-state index contributed by atoms with van der Waals surface area (Å²) < 4.78 is 33.4. The molecule has 2 aromatic heterocycles. The van der Waals surface area contributed by atoms with Gasteiger partial charge in [0.05, 0.1) is 18.4 Å². The summed E-state index contributed by atoms with van der Waals surface area (Å²) in [5.74, 6) is -2.31. The van der Waals surface area contributed by atoms with E-state index in [2.05, 4.69) is 15.1 Å². The average molecular weight is 355 g/mol. The first-order chi connectivity index (χ1) is 11.7. The molecule has 3 aromatic rings. The second-order valence-corrected chi connectivity index (χ2v) is 4.65. The molecule has 0 aliphatic heterocycles. The van der Waals surface area contributed by atoms with Crippen LogP contribution in [0.4, 0.5) is 13.2 Å². The number of aliphatic carboxylic acids is 1. The zero-order valence-corrected chi connectivity index (χ0v) is 12.5. The zero-order chi connectivity index (χ0) is 18.6. The number of aromatic nitrogens is 4. The first-order valence-corrected chi connectivity index (χ1v) is 6.76. The Bertz CT molecular complexity index is 934. The van der Waals surface area contributed by atoms with Crippen LogP contribution in [0.5, 0.6) is 0 Å². The van der Waals surface area contributed by atoms with Gasteiger partial charge in [-0.05, 0) is 12.1 Å². The summed E-state index contributed by atoms with van der Waals surface area (Å²) >= 11 is 0. The molecule has 4 N–H and O–H groups in total. The van der Waals surface area contributed by atoms with Crippen molar-refractivity contribution >= 4 is 17.0 Å². The number of halogens is 3. The van der Waals surface area contributed by atoms with Gasteiger partial charge in [0.25, 0.3) is 5.56 Å². The number of nitrogens with one attached hydrogen (secondary N) is 1. The van der Waals surface area contributed by atoms with Gasteiger partial charge in [0.2, 0.25) is 0 Å². The summed E-state index contributed by atoms with van der Waals surface area (Å²) in [6.45, 7) is 0.186. The number of fused-ring (bicyclic) bond motifs is 1. The van der Waals surface area contributed by atoms with Gasteiger partial charge in [0.1, 0.15) is 11.2 Å². The van der Waals surface area contributed by atoms with Gasteiger partial charge in [-0.3, -0.25) is 4.79 Å². The highest BCUT2D eigenvalue weighted by atomic mass is 19.4. The van der Waals surface area contributed by atoms with Gasteiger partial charge in [0.15, 0.2) is 5.65 Å². The maximum atomic E-state index is 11.8. The molecule has 1 aromatic carbocycles. The number of hydrogen-bond acceptors (Lipinski definition) is 5. The summed E-state index contributed by atoms with van der Waals surface area (Å²) in [7, 11) is 0. The Morgan fingerprint density at radius 2 is 1.88 bits per heavy atom. The number of nitrogens with zero attached hydrogens (tertiary/aromatic N) is 3. The van der Waals surface area contributed by atoms with Crippen molar-refractivity contribution in [3.63, 3.8) is 0 Å². The summed E-state index contributed by atoms with van der Waals surface area (Å²) in [6, 6.07) is 9.52. The number of benzene rings is 1. The van der Waals surface area contributed by atoms with Crippen LogP contribution in [0.15, 0.2) is 41.3 Å². The van der Waals surface area contributed by atoms with Crippen molar-refractivity contribution in [1.82, 2.24) is 19.7 Å². The second-order valence-electron chi connectivity index (χ2n) is 4.65. The molecule has 0 bridgehead atoms. The van der Waals surface area contributed by atoms with Crippen LogP contribution in [-0.2, 0) is 11.3 Å². The first-order valence-electron chi connectivity index (χ1n) is 6.76. The lowest BCUT2D eigenvalue weighted by Crippen LogP contribution is -2.21. The van der Waals surface area contributed by atoms with E-state index in [0.717, 1.165) is 5.69 Å². The van der Waals surface area contributed by atoms with Crippen LogP contribution >= 0.6 is 0 Å². The highest BCUT2D eigenvalue weighted by Crippen LogP contribution is 2.13. The summed E-state index contributed by atoms with van der Waals surface area (Å²) in [6.07, 6.45) is -3.57. The minimum Gasteiger partial charge on any atom is -0.475 e. The third kappa shape index (κ3) is 4.20. The third-order valence-corrected chi connectivity index (χ3v) is 2.92. The molecule has 132 valence electrons. The maximum Gasteiger partial charge on any atom is 0.490 e. The van der Waals surface area contributed by atoms with Gasteiger partial charge in [-0.1, -0.05) is 18.2 Å². The number of aromatic amines is 1. The van der Waals surface area contributed by atoms with Gasteiger partial charge in [-0.2, -0.15) is 18.3 Å². The monoisotopic (exact) mass is 355 g/mol. The van der Waals surface area contributed by atoms with E-state index in [1.54, 1.807) is 4.68 Å². The molecule has 0 saturated heterocycles. The quantitative estimate of drug-likeness (QED) is 0.634. The van der Waals surface area contributed by atoms with E-state index in [1.807, 2.05) is 30.3 Å². The highest BCUT2D eigenvalue weighted by Gasteiger charge is 2.38. The molecule has 0 aliphatic rings. The number of H-pyrrole nitrogens is 1. The number of rotatable bonds is 2. The van der Waals surface area contributed by atoms with Crippen molar-refractivity contribution in [3.8, 4) is 5.69 Å². The van der Waals surface area contributed by atoms with Gasteiger partial charge < -0.3 is 15.8 Å². The molecular formula is C14H12F3N5O3. The molecule has 0 atom stereocenters. The molecule has 0 amide bonds. The van der Waals surface area contributed by atoms with Crippen LogP contribution < -0.4 is 11.3 Å². The van der Waals surface area contributed by atoms with Gasteiger partial charge in [-0.15, -0.1) is 0 Å². The fourth-order valence-corrected chi connectivity index (χ4v) is 1.82. The van der Waals surface area contributed by atoms with E-state index >= 15 is 0 Å². The van der Waals surface area contributed by atoms with E-state index in [1.165, 1.54) is 6.20 Å². The smallest absolute Gasteiger partial charge is 0.475 e. The highest BCUT2D eigenvalue weighted by molar-refractivity contribution is 5.75. The average Bonchev–Trinajstić information content (AvgIpc) is 2.99. The fourth-order valence-electron chi connectivity index (χ4n) is 1.82. The number of nitrogens with two attached hydrogens (primary N) is 1. The minimum atomic E-state index is -5.08. The van der Waals surface area contributed by atoms with Crippen LogP contribution in [0.25, 0.3) is 16.7 Å². The van der Waals surface area contributed by atoms with Gasteiger partial charge in [-0.25, -0.2) is 14.5 Å². The SMILES string of the molecule is NCc1nc2c(cnn2-c2ccccc2)c(=O)[nH]1.O=C(O)C(F)(F)F. The Balaban J connectivity index is 0.000000277. The zero-order valence-electron chi connectivity index (χ0n) is 12.5. The van der Waals surface area contributed by atoms with Crippen LogP contribution in [0.3, 0.4) is 0 Å². The van der Waals surface area contributed by atoms with Crippen molar-refractivity contribution in [2.45, 2.75) is 12.7 Å². The summed E-state index contributed by atoms with van der Waals surface area (Å²) in [4.78, 5) is 27.6. The van der Waals surface area contributed by atoms with Crippen molar-refractivity contribution < 1.29 is 23.1 Å². The van der Waals surface area contributed by atoms with Crippen LogP contribution in [-0.4, -0.2) is 37.0 Å². The van der Waals surface area contributed by atoms with Gasteiger partial charge in [0, 0.05) is 0 Å². The molecule has 0 aliphatic carbocycles. The van der Waals surface area contributed by atoms with Crippen LogP contribution in [0.1, 0.15) is 5.82 Å². The van der Waals surface area contributed by atoms with Crippen molar-refractivity contribution in [2.75, 3.05) is 0 Å². The molecule has 2 heterocycles. The number of carbonyl (C=O) groups is 1. The molecule has 0 saturated carbocycles. The van der Waals surface area contributed by atoms with Crippen molar-refractivity contribution in [1.29, 1.82) is 0 Å². The predicted molar refractivity (Wildman–Crippen MR) is 81.1 cm³/mol. The number of para-hydroxylation sites is 1. The fraction of sp³-hybridized carbons (Fsp3) is 0.143. The Hall–Kier alpha value is -3.21. The molecular weight excluding hydrogens is 343 g/mol. The Morgan fingerprint density at radius 1 is 1.28 bits per heavy atom. The molecule has 0 spiro atoms. The lowest BCUT2D eigenvalue weighted by atomic mass is 10.3. The predicted octanol–water partition coefficient (Wildman–Crippen LogP) is 1.20. The Kier molecular flexibility index (Phi) is 5.17. The Labute approximate surface area is 137 Å². The molecule has 11 heteroatoms. The maximum absolute atomic E-state index is 11.8. The standard InChI is InChI=1S/C12H11N5O.C2HF3O2/c13-6-10-15-11-9(12(18)16-10)7-14-17(11)8-4-2-1-3-5-8;3-2(4,5)1(6)7/h1-5,7H,6,13H2,(H,15,16,18);(H,6,7). The minimum absolute atomic E-state index is 0.186. The van der Waals surface area contributed by atoms with E-state index in [4.69, 9.17) is 15.6 Å². The summed E-state index contributed by atoms with van der Waals surface area (Å²) in [5, 5.41) is 11.8. The number of hydrogen-bond donors (Lipinski definition) is 3. The topological polar surface area (TPSA) is 127 Å². The van der Waals surface area contributed by atoms with Crippen molar-refractivity contribution in [3.05, 3.63) is 52.7 Å². The van der Waals surface area contributed by atoms with Crippen molar-refractivity contribution in [2.24, 2.45) is 5.73 Å². The molecule has 0 unspecified atom stereocenters. The molecule has 8 nitrogen and oxygen atoms in total. The number of carboxylic acids is 1. The third-order valence-electron chi connectivity index (χ3n) is 2.92.